The van der Waals surface area contributed by atoms with Crippen LogP contribution in [-0.4, -0.2) is 23.4 Å². The molecule has 0 spiro atoms. The molecule has 1 heterocycles. The number of aliphatic imine (C=N–C) groups is 1. The number of nitrogens with one attached hydrogen (secondary N) is 1. The van der Waals surface area contributed by atoms with Crippen molar-refractivity contribution in [3.63, 3.8) is 0 Å². The quantitative estimate of drug-likeness (QED) is 0.645. The maximum atomic E-state index is 10.8. The van der Waals surface area contributed by atoms with Crippen LogP contribution >= 0.6 is 0 Å². The van der Waals surface area contributed by atoms with Crippen molar-refractivity contribution >= 4 is 11.7 Å². The number of phenols is 1. The van der Waals surface area contributed by atoms with Crippen LogP contribution in [0.1, 0.15) is 5.56 Å². The molecular formula is C9H8N2O2. The van der Waals surface area contributed by atoms with Gasteiger partial charge in [0.25, 0.3) is 0 Å². The number of amides is 1. The van der Waals surface area contributed by atoms with E-state index in [4.69, 9.17) is 0 Å². The molecule has 0 aromatic heterocycles. The Hall–Kier alpha value is -1.84. The highest BCUT2D eigenvalue weighted by atomic mass is 16.3. The molecule has 1 aliphatic heterocycles. The fraction of sp³-hybridized carbons (Fsp3) is 0.111. The number of amidine groups is 1. The van der Waals surface area contributed by atoms with E-state index in [1.807, 2.05) is 0 Å². The summed E-state index contributed by atoms with van der Waals surface area (Å²) >= 11 is 0. The number of carbonyl (C=O) groups excluding carboxylic acids is 1. The Labute approximate surface area is 74.9 Å². The summed E-state index contributed by atoms with van der Waals surface area (Å²) in [6.07, 6.45) is 0. The second kappa shape index (κ2) is 2.90. The molecule has 13 heavy (non-hydrogen) atoms. The van der Waals surface area contributed by atoms with Gasteiger partial charge in [-0.05, 0) is 12.1 Å². The Bertz CT molecular complexity index is 385. The van der Waals surface area contributed by atoms with Gasteiger partial charge in [0.1, 0.15) is 18.1 Å². The van der Waals surface area contributed by atoms with Crippen LogP contribution in [0.4, 0.5) is 0 Å². The fourth-order valence-corrected chi connectivity index (χ4v) is 1.18. The zero-order valence-electron chi connectivity index (χ0n) is 6.82. The standard InChI is InChI=1S/C9H8N2O2/c12-7-3-1-2-6(4-7)9-10-5-8(13)11-9/h1-4,12H,5H2,(H,10,11,13). The summed E-state index contributed by atoms with van der Waals surface area (Å²) in [5, 5.41) is 11.8. The van der Waals surface area contributed by atoms with Crippen molar-refractivity contribution in [2.75, 3.05) is 6.54 Å². The number of hydrogen-bond acceptors (Lipinski definition) is 3. The van der Waals surface area contributed by atoms with Crippen LogP contribution in [0.3, 0.4) is 0 Å². The van der Waals surface area contributed by atoms with Gasteiger partial charge < -0.3 is 10.4 Å². The number of phenolic OH excluding ortho intramolecular Hbond substituents is 1. The Balaban J connectivity index is 2.31. The highest BCUT2D eigenvalue weighted by Gasteiger charge is 2.14. The predicted molar refractivity (Wildman–Crippen MR) is 47.7 cm³/mol. The van der Waals surface area contributed by atoms with E-state index >= 15 is 0 Å². The average Bonchev–Trinajstić information content (AvgIpc) is 2.52. The minimum atomic E-state index is -0.113. The van der Waals surface area contributed by atoms with Crippen LogP contribution < -0.4 is 5.32 Å². The van der Waals surface area contributed by atoms with Crippen molar-refractivity contribution in [1.82, 2.24) is 5.32 Å². The maximum Gasteiger partial charge on any atom is 0.247 e. The summed E-state index contributed by atoms with van der Waals surface area (Å²) in [7, 11) is 0. The summed E-state index contributed by atoms with van der Waals surface area (Å²) < 4.78 is 0. The zero-order chi connectivity index (χ0) is 9.26. The molecule has 0 saturated carbocycles. The SMILES string of the molecule is O=C1CN=C(c2cccc(O)c2)N1. The van der Waals surface area contributed by atoms with Gasteiger partial charge in [-0.15, -0.1) is 0 Å². The van der Waals surface area contributed by atoms with Gasteiger partial charge in [0, 0.05) is 5.56 Å². The maximum absolute atomic E-state index is 10.8. The Morgan fingerprint density at radius 1 is 1.46 bits per heavy atom. The van der Waals surface area contributed by atoms with Crippen molar-refractivity contribution in [2.45, 2.75) is 0 Å². The first-order valence-corrected chi connectivity index (χ1v) is 3.89. The van der Waals surface area contributed by atoms with Gasteiger partial charge in [0.2, 0.25) is 5.91 Å². The Kier molecular flexibility index (Phi) is 1.73. The van der Waals surface area contributed by atoms with Gasteiger partial charge in [0.05, 0.1) is 0 Å². The van der Waals surface area contributed by atoms with E-state index in [9.17, 15) is 9.90 Å². The lowest BCUT2D eigenvalue weighted by Crippen LogP contribution is -2.25. The van der Waals surface area contributed by atoms with Crippen LogP contribution in [-0.2, 0) is 4.79 Å². The Morgan fingerprint density at radius 3 is 2.92 bits per heavy atom. The van der Waals surface area contributed by atoms with Crippen molar-refractivity contribution < 1.29 is 9.90 Å². The molecule has 0 aliphatic carbocycles. The first-order chi connectivity index (χ1) is 6.25. The van der Waals surface area contributed by atoms with Gasteiger partial charge >= 0.3 is 0 Å². The minimum absolute atomic E-state index is 0.113. The van der Waals surface area contributed by atoms with Gasteiger partial charge in [-0.25, -0.2) is 0 Å². The third kappa shape index (κ3) is 1.51. The summed E-state index contributed by atoms with van der Waals surface area (Å²) in [5.41, 5.74) is 0.728. The zero-order valence-corrected chi connectivity index (χ0v) is 6.82. The Morgan fingerprint density at radius 2 is 2.31 bits per heavy atom. The topological polar surface area (TPSA) is 61.7 Å². The van der Waals surface area contributed by atoms with E-state index in [1.54, 1.807) is 24.3 Å². The molecule has 2 rings (SSSR count). The third-order valence-corrected chi connectivity index (χ3v) is 1.76. The number of nitrogens with zero attached hydrogens (tertiary/aromatic N) is 1. The molecule has 1 aromatic carbocycles. The van der Waals surface area contributed by atoms with E-state index < -0.39 is 0 Å². The van der Waals surface area contributed by atoms with E-state index in [0.717, 1.165) is 5.56 Å². The highest BCUT2D eigenvalue weighted by molar-refractivity contribution is 6.12. The van der Waals surface area contributed by atoms with Crippen LogP contribution in [0.25, 0.3) is 0 Å². The van der Waals surface area contributed by atoms with Crippen LogP contribution in [0.5, 0.6) is 5.75 Å². The average molecular weight is 176 g/mol. The number of carbonyl (C=O) groups is 1. The molecule has 4 nitrogen and oxygen atoms in total. The normalized spacial score (nSPS) is 15.4. The van der Waals surface area contributed by atoms with Gasteiger partial charge in [-0.3, -0.25) is 9.79 Å². The molecular weight excluding hydrogens is 168 g/mol. The fourth-order valence-electron chi connectivity index (χ4n) is 1.18. The second-order valence-electron chi connectivity index (χ2n) is 2.76. The highest BCUT2D eigenvalue weighted by Crippen LogP contribution is 2.12. The number of hydrogen-bond donors (Lipinski definition) is 2. The summed E-state index contributed by atoms with van der Waals surface area (Å²) in [5.74, 6) is 0.584. The summed E-state index contributed by atoms with van der Waals surface area (Å²) in [6.45, 7) is 0.172. The first kappa shape index (κ1) is 7.79. The lowest BCUT2D eigenvalue weighted by atomic mass is 10.2. The lowest BCUT2D eigenvalue weighted by Gasteiger charge is -2.00. The molecule has 0 unspecified atom stereocenters. The lowest BCUT2D eigenvalue weighted by molar-refractivity contribution is -0.117. The monoisotopic (exact) mass is 176 g/mol. The van der Waals surface area contributed by atoms with Crippen LogP contribution in [0.2, 0.25) is 0 Å². The molecule has 0 bridgehead atoms. The summed E-state index contributed by atoms with van der Waals surface area (Å²) in [4.78, 5) is 14.8. The van der Waals surface area contributed by atoms with E-state index in [2.05, 4.69) is 10.3 Å². The molecule has 66 valence electrons. The van der Waals surface area contributed by atoms with E-state index in [-0.39, 0.29) is 18.2 Å². The molecule has 4 heteroatoms. The molecule has 0 saturated heterocycles. The van der Waals surface area contributed by atoms with Crippen molar-refractivity contribution in [3.8, 4) is 5.75 Å². The van der Waals surface area contributed by atoms with Crippen LogP contribution in [0, 0.1) is 0 Å². The molecule has 1 aromatic rings. The van der Waals surface area contributed by atoms with Crippen molar-refractivity contribution in [2.24, 2.45) is 4.99 Å². The van der Waals surface area contributed by atoms with Crippen LogP contribution in [0.15, 0.2) is 29.3 Å². The molecule has 2 N–H and O–H groups in total. The smallest absolute Gasteiger partial charge is 0.247 e. The third-order valence-electron chi connectivity index (χ3n) is 1.76. The largest absolute Gasteiger partial charge is 0.508 e. The first-order valence-electron chi connectivity index (χ1n) is 3.89. The second-order valence-corrected chi connectivity index (χ2v) is 2.76. The number of aromatic hydroxyl groups is 1. The molecule has 1 aliphatic rings. The van der Waals surface area contributed by atoms with Gasteiger partial charge in [0.15, 0.2) is 0 Å². The summed E-state index contributed by atoms with van der Waals surface area (Å²) in [6, 6.07) is 6.62. The predicted octanol–water partition coefficient (Wildman–Crippen LogP) is 0.269. The van der Waals surface area contributed by atoms with Crippen molar-refractivity contribution in [1.29, 1.82) is 0 Å². The van der Waals surface area contributed by atoms with E-state index in [1.165, 1.54) is 0 Å². The minimum Gasteiger partial charge on any atom is -0.508 e. The van der Waals surface area contributed by atoms with Gasteiger partial charge in [-0.2, -0.15) is 0 Å². The van der Waals surface area contributed by atoms with Gasteiger partial charge in [-0.1, -0.05) is 12.1 Å². The molecule has 1 amide bonds. The number of rotatable bonds is 1. The molecule has 0 fully saturated rings. The van der Waals surface area contributed by atoms with Crippen molar-refractivity contribution in [3.05, 3.63) is 29.8 Å². The number of benzene rings is 1. The molecule has 0 atom stereocenters. The molecule has 0 radical (unpaired) electrons. The van der Waals surface area contributed by atoms with E-state index in [0.29, 0.717) is 5.84 Å².